The lowest BCUT2D eigenvalue weighted by Crippen LogP contribution is -2.37. The molecule has 22 heavy (non-hydrogen) atoms. The fourth-order valence-electron chi connectivity index (χ4n) is 3.07. The maximum Gasteiger partial charge on any atom is 0.239 e. The molecule has 1 aromatic carbocycles. The Hall–Kier alpha value is -2.44. The van der Waals surface area contributed by atoms with E-state index in [1.807, 2.05) is 13.8 Å². The Kier molecular flexibility index (Phi) is 3.16. The molecule has 1 aliphatic carbocycles. The third-order valence-electron chi connectivity index (χ3n) is 4.43. The number of carbonyl (C=O) groups excluding carboxylic acids is 1. The number of nitrogen functional groups attached to an aromatic ring is 1. The number of amides is 1. The molecule has 6 nitrogen and oxygen atoms in total. The lowest BCUT2D eigenvalue weighted by Gasteiger charge is -2.20. The van der Waals surface area contributed by atoms with Crippen LogP contribution in [0, 0.1) is 11.2 Å². The number of nitrogens with one attached hydrogen (secondary N) is 2. The zero-order valence-corrected chi connectivity index (χ0v) is 12.5. The molecule has 0 aliphatic heterocycles. The van der Waals surface area contributed by atoms with Gasteiger partial charge in [-0.05, 0) is 29.5 Å². The van der Waals surface area contributed by atoms with Gasteiger partial charge in [-0.25, -0.2) is 4.39 Å². The first-order valence-corrected chi connectivity index (χ1v) is 7.06. The normalized spacial score (nSPS) is 22.3. The van der Waals surface area contributed by atoms with Crippen molar-refractivity contribution >= 4 is 11.9 Å². The Labute approximate surface area is 127 Å². The summed E-state index contributed by atoms with van der Waals surface area (Å²) < 4.78 is 13.1. The predicted molar refractivity (Wildman–Crippen MR) is 79.1 cm³/mol. The lowest BCUT2D eigenvalue weighted by atomic mass is 9.87. The molecule has 0 saturated heterocycles. The Bertz CT molecular complexity index is 709. The van der Waals surface area contributed by atoms with Gasteiger partial charge in [-0.1, -0.05) is 26.0 Å². The van der Waals surface area contributed by atoms with Crippen molar-refractivity contribution < 1.29 is 9.18 Å². The molecule has 1 heterocycles. The third kappa shape index (κ3) is 2.22. The van der Waals surface area contributed by atoms with Gasteiger partial charge in [0.2, 0.25) is 11.9 Å². The summed E-state index contributed by atoms with van der Waals surface area (Å²) in [7, 11) is 0. The molecule has 116 valence electrons. The molecule has 0 bridgehead atoms. The molecule has 7 heteroatoms. The molecule has 1 atom stereocenters. The van der Waals surface area contributed by atoms with Gasteiger partial charge in [-0.15, -0.1) is 5.10 Å². The maximum absolute atomic E-state index is 13.1. The summed E-state index contributed by atoms with van der Waals surface area (Å²) in [5.41, 5.74) is 5.45. The van der Waals surface area contributed by atoms with Gasteiger partial charge in [0.15, 0.2) is 0 Å². The minimum atomic E-state index is -0.633. The van der Waals surface area contributed by atoms with Gasteiger partial charge in [-0.2, -0.15) is 4.98 Å². The van der Waals surface area contributed by atoms with Gasteiger partial charge in [0.05, 0.1) is 12.0 Å². The van der Waals surface area contributed by atoms with Crippen molar-refractivity contribution in [1.82, 2.24) is 20.5 Å². The van der Waals surface area contributed by atoms with Crippen LogP contribution in [0.2, 0.25) is 0 Å². The van der Waals surface area contributed by atoms with Gasteiger partial charge in [0.25, 0.3) is 0 Å². The molecular formula is C15H18FN5O. The zero-order chi connectivity index (χ0) is 16.0. The fourth-order valence-corrected chi connectivity index (χ4v) is 3.07. The van der Waals surface area contributed by atoms with Crippen molar-refractivity contribution in [2.24, 2.45) is 5.41 Å². The Morgan fingerprint density at radius 2 is 2.05 bits per heavy atom. The molecule has 1 saturated carbocycles. The first kappa shape index (κ1) is 14.5. The Morgan fingerprint density at radius 3 is 2.55 bits per heavy atom. The summed E-state index contributed by atoms with van der Waals surface area (Å²) in [5, 5.41) is 9.23. The highest BCUT2D eigenvalue weighted by atomic mass is 19.1. The van der Waals surface area contributed by atoms with Crippen LogP contribution in [0.15, 0.2) is 24.3 Å². The van der Waals surface area contributed by atoms with Crippen molar-refractivity contribution in [2.75, 3.05) is 5.73 Å². The number of carbonyl (C=O) groups is 1. The Balaban J connectivity index is 1.79. The maximum atomic E-state index is 13.1. The minimum absolute atomic E-state index is 0.0981. The van der Waals surface area contributed by atoms with Crippen molar-refractivity contribution in [3.8, 4) is 0 Å². The van der Waals surface area contributed by atoms with Gasteiger partial charge in [-0.3, -0.25) is 9.89 Å². The molecule has 4 N–H and O–H groups in total. The van der Waals surface area contributed by atoms with Crippen LogP contribution < -0.4 is 11.1 Å². The molecule has 1 fully saturated rings. The number of aromatic nitrogens is 3. The fraction of sp³-hybridized carbons (Fsp3) is 0.400. The van der Waals surface area contributed by atoms with E-state index in [1.54, 1.807) is 12.1 Å². The van der Waals surface area contributed by atoms with E-state index in [-0.39, 0.29) is 29.6 Å². The van der Waals surface area contributed by atoms with E-state index in [1.165, 1.54) is 12.1 Å². The smallest absolute Gasteiger partial charge is 0.239 e. The van der Waals surface area contributed by atoms with Crippen LogP contribution in [0.25, 0.3) is 0 Å². The second-order valence-electron chi connectivity index (χ2n) is 6.30. The molecule has 1 aliphatic rings. The first-order valence-electron chi connectivity index (χ1n) is 7.06. The molecule has 1 aromatic heterocycles. The summed E-state index contributed by atoms with van der Waals surface area (Å²) in [4.78, 5) is 16.7. The first-order chi connectivity index (χ1) is 10.3. The number of rotatable bonds is 4. The number of anilines is 1. The minimum Gasteiger partial charge on any atom is -0.367 e. The number of nitrogens with two attached hydrogens (primary N) is 1. The number of benzene rings is 1. The van der Waals surface area contributed by atoms with E-state index in [0.29, 0.717) is 5.82 Å². The summed E-state index contributed by atoms with van der Waals surface area (Å²) >= 11 is 0. The third-order valence-corrected chi connectivity index (χ3v) is 4.43. The quantitative estimate of drug-likeness (QED) is 0.797. The van der Waals surface area contributed by atoms with Crippen LogP contribution in [0.5, 0.6) is 0 Å². The second kappa shape index (κ2) is 4.79. The molecule has 0 unspecified atom stereocenters. The van der Waals surface area contributed by atoms with E-state index in [0.717, 1.165) is 12.0 Å². The van der Waals surface area contributed by atoms with Crippen LogP contribution >= 0.6 is 0 Å². The van der Waals surface area contributed by atoms with Gasteiger partial charge in [0.1, 0.15) is 11.6 Å². The second-order valence-corrected chi connectivity index (χ2v) is 6.30. The van der Waals surface area contributed by atoms with Gasteiger partial charge >= 0.3 is 0 Å². The lowest BCUT2D eigenvalue weighted by molar-refractivity contribution is -0.124. The monoisotopic (exact) mass is 303 g/mol. The van der Waals surface area contributed by atoms with Gasteiger partial charge < -0.3 is 11.1 Å². The van der Waals surface area contributed by atoms with E-state index >= 15 is 0 Å². The highest BCUT2D eigenvalue weighted by molar-refractivity contribution is 5.93. The number of H-pyrrole nitrogens is 1. The highest BCUT2D eigenvalue weighted by Gasteiger charge is 2.66. The Morgan fingerprint density at radius 1 is 1.41 bits per heavy atom. The number of hydrogen-bond acceptors (Lipinski definition) is 4. The van der Waals surface area contributed by atoms with E-state index < -0.39 is 5.41 Å². The number of nitrogens with zero attached hydrogens (tertiary/aromatic N) is 2. The number of aromatic amines is 1. The molecule has 2 aromatic rings. The van der Waals surface area contributed by atoms with E-state index in [4.69, 9.17) is 5.73 Å². The van der Waals surface area contributed by atoms with Crippen LogP contribution in [-0.2, 0) is 16.8 Å². The van der Waals surface area contributed by atoms with Crippen molar-refractivity contribution in [1.29, 1.82) is 0 Å². The van der Waals surface area contributed by atoms with Crippen molar-refractivity contribution in [3.63, 3.8) is 0 Å². The predicted octanol–water partition coefficient (Wildman–Crippen LogP) is 1.51. The molecule has 3 rings (SSSR count). The summed E-state index contributed by atoms with van der Waals surface area (Å²) in [6, 6.07) is 6.12. The topological polar surface area (TPSA) is 96.7 Å². The van der Waals surface area contributed by atoms with E-state index in [2.05, 4.69) is 20.5 Å². The molecule has 1 amide bonds. The molecule has 0 spiro atoms. The van der Waals surface area contributed by atoms with Crippen molar-refractivity contribution in [3.05, 3.63) is 41.5 Å². The van der Waals surface area contributed by atoms with Crippen LogP contribution in [0.4, 0.5) is 10.3 Å². The van der Waals surface area contributed by atoms with Crippen LogP contribution in [-0.4, -0.2) is 21.1 Å². The highest BCUT2D eigenvalue weighted by Crippen LogP contribution is 2.64. The standard InChI is InChI=1S/C15H18FN5O/c1-14(2)8-15(14,9-3-5-10(16)6-4-9)12(22)18-7-11-19-13(17)21-20-11/h3-6H,7-8H2,1-2H3,(H,18,22)(H3,17,19,20,21)/t15-/m0/s1. The van der Waals surface area contributed by atoms with E-state index in [9.17, 15) is 9.18 Å². The largest absolute Gasteiger partial charge is 0.367 e. The SMILES string of the molecule is CC1(C)C[C@@]1(C(=O)NCc1nc(N)n[nH]1)c1ccc(F)cc1. The number of hydrogen-bond donors (Lipinski definition) is 3. The molecule has 0 radical (unpaired) electrons. The summed E-state index contributed by atoms with van der Waals surface area (Å²) in [5.74, 6) is 0.233. The zero-order valence-electron chi connectivity index (χ0n) is 12.5. The van der Waals surface area contributed by atoms with Gasteiger partial charge in [0, 0.05) is 0 Å². The average Bonchev–Trinajstić information content (AvgIpc) is 2.84. The molecular weight excluding hydrogens is 285 g/mol. The summed E-state index contributed by atoms with van der Waals surface area (Å²) in [6.45, 7) is 4.28. The van der Waals surface area contributed by atoms with Crippen LogP contribution in [0.3, 0.4) is 0 Å². The van der Waals surface area contributed by atoms with Crippen LogP contribution in [0.1, 0.15) is 31.7 Å². The van der Waals surface area contributed by atoms with Crippen molar-refractivity contribution in [2.45, 2.75) is 32.2 Å². The average molecular weight is 303 g/mol. The summed E-state index contributed by atoms with van der Waals surface area (Å²) in [6.07, 6.45) is 0.718. The number of halogens is 1.